The number of hydrogen-bond acceptors (Lipinski definition) is 5. The van der Waals surface area contributed by atoms with Crippen LogP contribution in [0, 0.1) is 0 Å². The summed E-state index contributed by atoms with van der Waals surface area (Å²) in [5, 5.41) is 1.85. The Labute approximate surface area is 109 Å². The second-order valence-corrected chi connectivity index (χ2v) is 4.55. The van der Waals surface area contributed by atoms with E-state index in [1.54, 1.807) is 18.2 Å². The van der Waals surface area contributed by atoms with Gasteiger partial charge >= 0.3 is 0 Å². The number of hydrogen-bond donors (Lipinski definition) is 1. The number of anilines is 1. The summed E-state index contributed by atoms with van der Waals surface area (Å²) < 4.78 is 10.3. The maximum atomic E-state index is 12.3. The molecule has 0 unspecified atom stereocenters. The smallest absolute Gasteiger partial charge is 0.205 e. The Kier molecular flexibility index (Phi) is 3.53. The zero-order chi connectivity index (χ0) is 13.1. The number of benzene rings is 1. The molecule has 0 atom stereocenters. The average molecular weight is 263 g/mol. The molecule has 0 saturated heterocycles. The summed E-state index contributed by atoms with van der Waals surface area (Å²) in [7, 11) is 3.04. The molecule has 1 heterocycles. The zero-order valence-electron chi connectivity index (χ0n) is 10.1. The molecule has 0 aliphatic heterocycles. The summed E-state index contributed by atoms with van der Waals surface area (Å²) in [6.45, 7) is 0. The number of carbonyl (C=O) groups is 1. The maximum absolute atomic E-state index is 12.3. The third-order valence-electron chi connectivity index (χ3n) is 2.56. The number of nitrogens with two attached hydrogens (primary N) is 1. The van der Waals surface area contributed by atoms with E-state index in [1.807, 2.05) is 11.4 Å². The van der Waals surface area contributed by atoms with Gasteiger partial charge in [0.15, 0.2) is 0 Å². The van der Waals surface area contributed by atoms with E-state index in [4.69, 9.17) is 15.2 Å². The maximum Gasteiger partial charge on any atom is 0.205 e. The van der Waals surface area contributed by atoms with E-state index in [9.17, 15) is 4.79 Å². The Hall–Kier alpha value is -2.01. The van der Waals surface area contributed by atoms with Gasteiger partial charge in [-0.2, -0.15) is 0 Å². The van der Waals surface area contributed by atoms with Gasteiger partial charge in [0.2, 0.25) is 5.78 Å². The van der Waals surface area contributed by atoms with Crippen molar-refractivity contribution < 1.29 is 14.3 Å². The first-order valence-corrected chi connectivity index (χ1v) is 6.15. The lowest BCUT2D eigenvalue weighted by molar-refractivity contribution is 0.104. The molecule has 0 aliphatic carbocycles. The lowest BCUT2D eigenvalue weighted by Crippen LogP contribution is -2.06. The molecule has 0 bridgehead atoms. The number of thiophene rings is 1. The van der Waals surface area contributed by atoms with E-state index >= 15 is 0 Å². The van der Waals surface area contributed by atoms with Crippen molar-refractivity contribution in [2.75, 3.05) is 20.0 Å². The van der Waals surface area contributed by atoms with Gasteiger partial charge in [-0.15, -0.1) is 11.3 Å². The van der Waals surface area contributed by atoms with Crippen LogP contribution in [-0.2, 0) is 0 Å². The minimum Gasteiger partial charge on any atom is -0.497 e. The van der Waals surface area contributed by atoms with E-state index in [2.05, 4.69) is 0 Å². The highest BCUT2D eigenvalue weighted by Crippen LogP contribution is 2.32. The quantitative estimate of drug-likeness (QED) is 0.680. The van der Waals surface area contributed by atoms with Crippen molar-refractivity contribution >= 4 is 22.8 Å². The monoisotopic (exact) mass is 263 g/mol. The molecule has 5 heteroatoms. The van der Waals surface area contributed by atoms with Crippen LogP contribution >= 0.6 is 11.3 Å². The first-order valence-electron chi connectivity index (χ1n) is 5.27. The Morgan fingerprint density at radius 3 is 2.61 bits per heavy atom. The van der Waals surface area contributed by atoms with Gasteiger partial charge in [-0.1, -0.05) is 6.07 Å². The van der Waals surface area contributed by atoms with Crippen molar-refractivity contribution in [2.45, 2.75) is 0 Å². The molecule has 0 fully saturated rings. The molecule has 2 aromatic rings. The second-order valence-electron chi connectivity index (χ2n) is 3.60. The van der Waals surface area contributed by atoms with Gasteiger partial charge in [-0.05, 0) is 17.5 Å². The summed E-state index contributed by atoms with van der Waals surface area (Å²) >= 11 is 1.37. The molecule has 2 N–H and O–H groups in total. The fourth-order valence-electron chi connectivity index (χ4n) is 1.62. The van der Waals surface area contributed by atoms with E-state index in [0.29, 0.717) is 27.6 Å². The highest BCUT2D eigenvalue weighted by atomic mass is 32.1. The van der Waals surface area contributed by atoms with Crippen molar-refractivity contribution in [3.05, 3.63) is 40.1 Å². The largest absolute Gasteiger partial charge is 0.497 e. The lowest BCUT2D eigenvalue weighted by atomic mass is 10.1. The third-order valence-corrected chi connectivity index (χ3v) is 3.43. The van der Waals surface area contributed by atoms with Crippen LogP contribution in [0.2, 0.25) is 0 Å². The summed E-state index contributed by atoms with van der Waals surface area (Å²) in [6.07, 6.45) is 0. The van der Waals surface area contributed by atoms with Gasteiger partial charge in [0.1, 0.15) is 11.5 Å². The summed E-state index contributed by atoms with van der Waals surface area (Å²) in [5.41, 5.74) is 6.65. The number of ketones is 1. The van der Waals surface area contributed by atoms with Crippen LogP contribution in [-0.4, -0.2) is 20.0 Å². The molecule has 4 nitrogen and oxygen atoms in total. The molecule has 2 rings (SSSR count). The van der Waals surface area contributed by atoms with Crippen LogP contribution in [0.3, 0.4) is 0 Å². The van der Waals surface area contributed by atoms with Gasteiger partial charge < -0.3 is 15.2 Å². The molecule has 94 valence electrons. The van der Waals surface area contributed by atoms with Gasteiger partial charge in [0, 0.05) is 6.07 Å². The summed E-state index contributed by atoms with van der Waals surface area (Å²) in [6, 6.07) is 6.87. The lowest BCUT2D eigenvalue weighted by Gasteiger charge is -2.11. The SMILES string of the molecule is COc1cc(OC)c(N)c(C(=O)c2cccs2)c1. The van der Waals surface area contributed by atoms with Crippen molar-refractivity contribution in [1.82, 2.24) is 0 Å². The van der Waals surface area contributed by atoms with E-state index in [1.165, 1.54) is 25.6 Å². The topological polar surface area (TPSA) is 61.6 Å². The predicted octanol–water partition coefficient (Wildman–Crippen LogP) is 2.58. The van der Waals surface area contributed by atoms with Crippen molar-refractivity contribution in [2.24, 2.45) is 0 Å². The molecule has 0 aliphatic rings. The Morgan fingerprint density at radius 2 is 2.06 bits per heavy atom. The zero-order valence-corrected chi connectivity index (χ0v) is 10.9. The first-order chi connectivity index (χ1) is 8.67. The number of nitrogen functional groups attached to an aromatic ring is 1. The van der Waals surface area contributed by atoms with Crippen molar-refractivity contribution in [3.63, 3.8) is 0 Å². The van der Waals surface area contributed by atoms with E-state index in [0.717, 1.165) is 0 Å². The number of carbonyl (C=O) groups excluding carboxylic acids is 1. The van der Waals surface area contributed by atoms with Crippen molar-refractivity contribution in [1.29, 1.82) is 0 Å². The minimum atomic E-state index is -0.125. The first kappa shape index (κ1) is 12.4. The fraction of sp³-hybridized carbons (Fsp3) is 0.154. The summed E-state index contributed by atoms with van der Waals surface area (Å²) in [4.78, 5) is 12.9. The molecule has 0 radical (unpaired) electrons. The van der Waals surface area contributed by atoms with Gasteiger partial charge in [0.25, 0.3) is 0 Å². The van der Waals surface area contributed by atoms with E-state index < -0.39 is 0 Å². The Bertz CT molecular complexity index is 564. The molecule has 1 aromatic carbocycles. The second kappa shape index (κ2) is 5.10. The van der Waals surface area contributed by atoms with Crippen LogP contribution in [0.25, 0.3) is 0 Å². The Morgan fingerprint density at radius 1 is 1.28 bits per heavy atom. The molecule has 0 spiro atoms. The molecule has 0 amide bonds. The van der Waals surface area contributed by atoms with Gasteiger partial charge in [0.05, 0.1) is 30.3 Å². The highest BCUT2D eigenvalue weighted by molar-refractivity contribution is 7.12. The standard InChI is InChI=1S/C13H13NO3S/c1-16-8-6-9(12(14)10(7-8)17-2)13(15)11-4-3-5-18-11/h3-7H,14H2,1-2H3. The Balaban J connectivity index is 2.53. The number of methoxy groups -OCH3 is 2. The molecular weight excluding hydrogens is 250 g/mol. The molecule has 18 heavy (non-hydrogen) atoms. The van der Waals surface area contributed by atoms with Crippen LogP contribution in [0.4, 0.5) is 5.69 Å². The minimum absolute atomic E-state index is 0.125. The van der Waals surface area contributed by atoms with Crippen LogP contribution in [0.15, 0.2) is 29.6 Å². The fourth-order valence-corrected chi connectivity index (χ4v) is 2.29. The van der Waals surface area contributed by atoms with Crippen LogP contribution in [0.5, 0.6) is 11.5 Å². The third kappa shape index (κ3) is 2.17. The van der Waals surface area contributed by atoms with Gasteiger partial charge in [-0.3, -0.25) is 4.79 Å². The van der Waals surface area contributed by atoms with E-state index in [-0.39, 0.29) is 5.78 Å². The average Bonchev–Trinajstić information content (AvgIpc) is 2.92. The number of rotatable bonds is 4. The van der Waals surface area contributed by atoms with Crippen LogP contribution < -0.4 is 15.2 Å². The number of ether oxygens (including phenoxy) is 2. The van der Waals surface area contributed by atoms with Crippen LogP contribution in [0.1, 0.15) is 15.2 Å². The normalized spacial score (nSPS) is 10.1. The molecular formula is C13H13NO3S. The summed E-state index contributed by atoms with van der Waals surface area (Å²) in [5.74, 6) is 0.856. The molecule has 0 saturated carbocycles. The molecule has 1 aromatic heterocycles. The van der Waals surface area contributed by atoms with Crippen molar-refractivity contribution in [3.8, 4) is 11.5 Å². The predicted molar refractivity (Wildman–Crippen MR) is 71.7 cm³/mol. The van der Waals surface area contributed by atoms with Gasteiger partial charge in [-0.25, -0.2) is 0 Å². The highest BCUT2D eigenvalue weighted by Gasteiger charge is 2.18.